The van der Waals surface area contributed by atoms with Gasteiger partial charge in [0.1, 0.15) is 5.82 Å². The highest BCUT2D eigenvalue weighted by molar-refractivity contribution is 5.98. The lowest BCUT2D eigenvalue weighted by molar-refractivity contribution is -0.144. The zero-order valence-corrected chi connectivity index (χ0v) is 16.1. The van der Waals surface area contributed by atoms with Crippen molar-refractivity contribution in [1.29, 1.82) is 0 Å². The van der Waals surface area contributed by atoms with E-state index in [2.05, 4.69) is 4.98 Å². The smallest absolute Gasteiger partial charge is 0.308 e. The van der Waals surface area contributed by atoms with Gasteiger partial charge in [-0.1, -0.05) is 6.42 Å². The van der Waals surface area contributed by atoms with E-state index in [0.717, 1.165) is 31.5 Å². The van der Waals surface area contributed by atoms with Crippen molar-refractivity contribution in [2.75, 3.05) is 6.54 Å². The van der Waals surface area contributed by atoms with Gasteiger partial charge in [0.05, 0.1) is 16.8 Å². The van der Waals surface area contributed by atoms with Gasteiger partial charge in [0.2, 0.25) is 0 Å². The number of piperidine rings is 1. The molecule has 0 spiro atoms. The molecule has 28 heavy (non-hydrogen) atoms. The minimum Gasteiger partial charge on any atom is -0.481 e. The standard InChI is InChI=1S/C21H25N3O4/c1-13-15(21(27)28)6-5-11-23(13)19(25)14-8-9-16-17(12-14)22-18-7-3-2-4-10-24(18)20(16)26/h8-9,12-13,15H,2-7,10-11H2,1H3,(H,27,28)/t13-,15-/m1/s1. The Morgan fingerprint density at radius 2 is 1.96 bits per heavy atom. The fraction of sp³-hybridized carbons (Fsp3) is 0.524. The molecule has 148 valence electrons. The Morgan fingerprint density at radius 1 is 1.14 bits per heavy atom. The van der Waals surface area contributed by atoms with E-state index in [1.165, 1.54) is 0 Å². The van der Waals surface area contributed by atoms with Gasteiger partial charge in [0, 0.05) is 31.1 Å². The molecule has 2 atom stereocenters. The fourth-order valence-corrected chi connectivity index (χ4v) is 4.48. The van der Waals surface area contributed by atoms with Crippen LogP contribution in [0.1, 0.15) is 55.2 Å². The van der Waals surface area contributed by atoms with Gasteiger partial charge in [-0.3, -0.25) is 19.0 Å². The van der Waals surface area contributed by atoms with Crippen LogP contribution in [0.5, 0.6) is 0 Å². The molecular formula is C21H25N3O4. The molecule has 4 rings (SSSR count). The zero-order chi connectivity index (χ0) is 19.8. The van der Waals surface area contributed by atoms with E-state index in [4.69, 9.17) is 0 Å². The van der Waals surface area contributed by atoms with Crippen LogP contribution in [0.2, 0.25) is 0 Å². The third kappa shape index (κ3) is 3.19. The molecule has 0 radical (unpaired) electrons. The first-order valence-electron chi connectivity index (χ1n) is 10.0. The number of aromatic nitrogens is 2. The number of rotatable bonds is 2. The lowest BCUT2D eigenvalue weighted by Gasteiger charge is -2.37. The van der Waals surface area contributed by atoms with Crippen molar-refractivity contribution >= 4 is 22.8 Å². The van der Waals surface area contributed by atoms with E-state index in [-0.39, 0.29) is 17.5 Å². The molecular weight excluding hydrogens is 358 g/mol. The lowest BCUT2D eigenvalue weighted by Crippen LogP contribution is -2.49. The normalized spacial score (nSPS) is 22.5. The molecule has 0 saturated carbocycles. The fourth-order valence-electron chi connectivity index (χ4n) is 4.48. The van der Waals surface area contributed by atoms with Crippen molar-refractivity contribution in [3.63, 3.8) is 0 Å². The molecule has 7 heteroatoms. The van der Waals surface area contributed by atoms with E-state index in [1.54, 1.807) is 34.6 Å². The number of carbonyl (C=O) groups is 2. The third-order valence-electron chi connectivity index (χ3n) is 6.13. The second kappa shape index (κ2) is 7.37. The Kier molecular flexibility index (Phi) is 4.91. The Labute approximate surface area is 163 Å². The van der Waals surface area contributed by atoms with E-state index in [0.29, 0.717) is 42.4 Å². The van der Waals surface area contributed by atoms with Gasteiger partial charge in [-0.2, -0.15) is 0 Å². The van der Waals surface area contributed by atoms with Crippen LogP contribution in [-0.2, 0) is 17.8 Å². The van der Waals surface area contributed by atoms with Crippen molar-refractivity contribution in [3.8, 4) is 0 Å². The maximum Gasteiger partial charge on any atom is 0.308 e. The van der Waals surface area contributed by atoms with Crippen LogP contribution in [0.15, 0.2) is 23.0 Å². The number of aryl methyl sites for hydroxylation is 1. The first-order valence-corrected chi connectivity index (χ1v) is 10.0. The topological polar surface area (TPSA) is 92.5 Å². The summed E-state index contributed by atoms with van der Waals surface area (Å²) in [6.07, 6.45) is 5.11. The summed E-state index contributed by atoms with van der Waals surface area (Å²) in [6, 6.07) is 4.66. The molecule has 2 aliphatic heterocycles. The highest BCUT2D eigenvalue weighted by Gasteiger charge is 2.35. The molecule has 0 bridgehead atoms. The summed E-state index contributed by atoms with van der Waals surface area (Å²) in [5, 5.41) is 9.93. The number of carboxylic acids is 1. The van der Waals surface area contributed by atoms with Gasteiger partial charge in [0.25, 0.3) is 11.5 Å². The minimum absolute atomic E-state index is 0.0434. The summed E-state index contributed by atoms with van der Waals surface area (Å²) < 4.78 is 1.76. The van der Waals surface area contributed by atoms with Crippen LogP contribution >= 0.6 is 0 Å². The number of aliphatic carboxylic acids is 1. The molecule has 1 aromatic carbocycles. The summed E-state index contributed by atoms with van der Waals surface area (Å²) in [6.45, 7) is 3.03. The summed E-state index contributed by atoms with van der Waals surface area (Å²) in [5.41, 5.74) is 0.956. The number of hydrogen-bond donors (Lipinski definition) is 1. The first kappa shape index (κ1) is 18.7. The highest BCUT2D eigenvalue weighted by atomic mass is 16.4. The maximum atomic E-state index is 13.1. The quantitative estimate of drug-likeness (QED) is 0.860. The number of carbonyl (C=O) groups excluding carboxylic acids is 1. The Balaban J connectivity index is 1.70. The molecule has 2 aromatic rings. The minimum atomic E-state index is -0.860. The van der Waals surface area contributed by atoms with Crippen molar-refractivity contribution in [2.45, 2.75) is 58.0 Å². The number of benzene rings is 1. The summed E-state index contributed by atoms with van der Waals surface area (Å²) in [5.74, 6) is -0.813. The number of carboxylic acid groups (broad SMARTS) is 1. The summed E-state index contributed by atoms with van der Waals surface area (Å²) in [7, 11) is 0. The molecule has 1 saturated heterocycles. The molecule has 2 aliphatic rings. The van der Waals surface area contributed by atoms with Crippen molar-refractivity contribution in [3.05, 3.63) is 39.9 Å². The lowest BCUT2D eigenvalue weighted by atomic mass is 9.90. The average molecular weight is 383 g/mol. The largest absolute Gasteiger partial charge is 0.481 e. The van der Waals surface area contributed by atoms with Crippen molar-refractivity contribution < 1.29 is 14.7 Å². The van der Waals surface area contributed by atoms with Crippen molar-refractivity contribution in [2.24, 2.45) is 5.92 Å². The van der Waals surface area contributed by atoms with Crippen LogP contribution in [-0.4, -0.2) is 44.0 Å². The predicted molar refractivity (Wildman–Crippen MR) is 104 cm³/mol. The van der Waals surface area contributed by atoms with Gasteiger partial charge in [-0.05, 0) is 50.8 Å². The van der Waals surface area contributed by atoms with Crippen LogP contribution in [0, 0.1) is 5.92 Å². The van der Waals surface area contributed by atoms with E-state index in [9.17, 15) is 19.5 Å². The molecule has 0 unspecified atom stereocenters. The second-order valence-corrected chi connectivity index (χ2v) is 7.85. The Bertz CT molecular complexity index is 997. The molecule has 1 fully saturated rings. The van der Waals surface area contributed by atoms with Gasteiger partial charge >= 0.3 is 5.97 Å². The van der Waals surface area contributed by atoms with Crippen LogP contribution in [0.25, 0.3) is 10.9 Å². The summed E-state index contributed by atoms with van der Waals surface area (Å²) >= 11 is 0. The molecule has 0 aliphatic carbocycles. The average Bonchev–Trinajstić information content (AvgIpc) is 2.93. The van der Waals surface area contributed by atoms with Gasteiger partial charge < -0.3 is 10.0 Å². The van der Waals surface area contributed by atoms with Crippen molar-refractivity contribution in [1.82, 2.24) is 14.5 Å². The number of nitrogens with zero attached hydrogens (tertiary/aromatic N) is 3. The number of fused-ring (bicyclic) bond motifs is 2. The van der Waals surface area contributed by atoms with Gasteiger partial charge in [0.15, 0.2) is 0 Å². The molecule has 1 N–H and O–H groups in total. The van der Waals surface area contributed by atoms with E-state index < -0.39 is 11.9 Å². The Morgan fingerprint density at radius 3 is 2.75 bits per heavy atom. The van der Waals surface area contributed by atoms with E-state index >= 15 is 0 Å². The number of likely N-dealkylation sites (tertiary alicyclic amines) is 1. The Hall–Kier alpha value is -2.70. The highest BCUT2D eigenvalue weighted by Crippen LogP contribution is 2.26. The first-order chi connectivity index (χ1) is 13.5. The van der Waals surface area contributed by atoms with E-state index in [1.807, 2.05) is 0 Å². The molecule has 1 aromatic heterocycles. The zero-order valence-electron chi connectivity index (χ0n) is 16.1. The third-order valence-corrected chi connectivity index (χ3v) is 6.13. The summed E-state index contributed by atoms with van der Waals surface area (Å²) in [4.78, 5) is 43.7. The van der Waals surface area contributed by atoms with Crippen LogP contribution < -0.4 is 5.56 Å². The molecule has 1 amide bonds. The van der Waals surface area contributed by atoms with Gasteiger partial charge in [-0.15, -0.1) is 0 Å². The SMILES string of the molecule is C[C@@H]1[C@H](C(=O)O)CCCN1C(=O)c1ccc2c(=O)n3c(nc2c1)CCCCC3. The van der Waals surface area contributed by atoms with Gasteiger partial charge in [-0.25, -0.2) is 4.98 Å². The monoisotopic (exact) mass is 383 g/mol. The number of hydrogen-bond acceptors (Lipinski definition) is 4. The number of amides is 1. The molecule has 3 heterocycles. The van der Waals surface area contributed by atoms with Crippen LogP contribution in [0.3, 0.4) is 0 Å². The maximum absolute atomic E-state index is 13.1. The molecule has 7 nitrogen and oxygen atoms in total. The predicted octanol–water partition coefficient (Wildman–Crippen LogP) is 2.45. The van der Waals surface area contributed by atoms with Crippen LogP contribution in [0.4, 0.5) is 0 Å². The second-order valence-electron chi connectivity index (χ2n) is 7.85.